The summed E-state index contributed by atoms with van der Waals surface area (Å²) in [5, 5.41) is 0. The van der Waals surface area contributed by atoms with Crippen molar-refractivity contribution >= 4 is 21.7 Å². The molecule has 0 aromatic carbocycles. The van der Waals surface area contributed by atoms with Crippen LogP contribution in [0.4, 0.5) is 5.82 Å². The molecule has 1 aliphatic rings. The predicted molar refractivity (Wildman–Crippen MR) is 68.7 cm³/mol. The number of nitrogens with zero attached hydrogens (tertiary/aromatic N) is 4. The van der Waals surface area contributed by atoms with Gasteiger partial charge in [-0.2, -0.15) is 0 Å². The lowest BCUT2D eigenvalue weighted by Crippen LogP contribution is -2.38. The summed E-state index contributed by atoms with van der Waals surface area (Å²) in [4.78, 5) is 13.1. The Kier molecular flexibility index (Phi) is 3.76. The summed E-state index contributed by atoms with van der Waals surface area (Å²) in [6, 6.07) is 0.485. The fourth-order valence-electron chi connectivity index (χ4n) is 2.20. The van der Waals surface area contributed by atoms with E-state index in [1.807, 2.05) is 6.20 Å². The molecule has 5 heteroatoms. The van der Waals surface area contributed by atoms with Gasteiger partial charge in [-0.3, -0.25) is 0 Å². The first-order valence-electron chi connectivity index (χ1n) is 5.59. The second-order valence-electron chi connectivity index (χ2n) is 4.35. The minimum Gasteiger partial charge on any atom is -0.352 e. The normalized spacial score (nSPS) is 23.2. The molecule has 2 heterocycles. The highest BCUT2D eigenvalue weighted by molar-refractivity contribution is 9.10. The number of likely N-dealkylation sites (N-methyl/N-ethyl adjacent to an activating group) is 1. The van der Waals surface area contributed by atoms with Gasteiger partial charge < -0.3 is 9.80 Å². The standard InChI is InChI=1S/C11H17BrN4/c1-9-7-15(2)4-3-5-16(9)11-10(12)6-13-8-14-11/h6,8-9H,3-5,7H2,1-2H3. The third-order valence-electron chi connectivity index (χ3n) is 2.97. The van der Waals surface area contributed by atoms with Crippen LogP contribution in [0.15, 0.2) is 17.0 Å². The molecule has 0 N–H and O–H groups in total. The number of halogens is 1. The monoisotopic (exact) mass is 284 g/mol. The topological polar surface area (TPSA) is 32.3 Å². The third-order valence-corrected chi connectivity index (χ3v) is 3.53. The fourth-order valence-corrected chi connectivity index (χ4v) is 2.65. The zero-order chi connectivity index (χ0) is 11.5. The van der Waals surface area contributed by atoms with E-state index in [0.717, 1.165) is 29.9 Å². The molecule has 0 aliphatic carbocycles. The smallest absolute Gasteiger partial charge is 0.146 e. The van der Waals surface area contributed by atoms with Crippen LogP contribution in [-0.4, -0.2) is 47.6 Å². The van der Waals surface area contributed by atoms with Gasteiger partial charge >= 0.3 is 0 Å². The summed E-state index contributed by atoms with van der Waals surface area (Å²) >= 11 is 3.52. The Bertz CT molecular complexity index is 358. The van der Waals surface area contributed by atoms with E-state index in [0.29, 0.717) is 6.04 Å². The van der Waals surface area contributed by atoms with E-state index < -0.39 is 0 Å². The van der Waals surface area contributed by atoms with Crippen molar-refractivity contribution in [2.45, 2.75) is 19.4 Å². The van der Waals surface area contributed by atoms with Crippen LogP contribution in [-0.2, 0) is 0 Å². The van der Waals surface area contributed by atoms with Crippen LogP contribution >= 0.6 is 15.9 Å². The van der Waals surface area contributed by atoms with Gasteiger partial charge in [-0.25, -0.2) is 9.97 Å². The van der Waals surface area contributed by atoms with Crippen molar-refractivity contribution in [3.8, 4) is 0 Å². The fraction of sp³-hybridized carbons (Fsp3) is 0.636. The van der Waals surface area contributed by atoms with Gasteiger partial charge in [-0.15, -0.1) is 0 Å². The largest absolute Gasteiger partial charge is 0.352 e. The van der Waals surface area contributed by atoms with Crippen molar-refractivity contribution in [3.63, 3.8) is 0 Å². The Morgan fingerprint density at radius 1 is 1.44 bits per heavy atom. The van der Waals surface area contributed by atoms with Crippen LogP contribution in [0.2, 0.25) is 0 Å². The van der Waals surface area contributed by atoms with Gasteiger partial charge in [0, 0.05) is 25.3 Å². The maximum atomic E-state index is 4.37. The van der Waals surface area contributed by atoms with Crippen molar-refractivity contribution in [2.24, 2.45) is 0 Å². The zero-order valence-electron chi connectivity index (χ0n) is 9.73. The molecular formula is C11H17BrN4. The molecular weight excluding hydrogens is 268 g/mol. The zero-order valence-corrected chi connectivity index (χ0v) is 11.3. The van der Waals surface area contributed by atoms with Crippen LogP contribution in [0.3, 0.4) is 0 Å². The summed E-state index contributed by atoms with van der Waals surface area (Å²) in [5.74, 6) is 1.01. The lowest BCUT2D eigenvalue weighted by atomic mass is 10.2. The second-order valence-corrected chi connectivity index (χ2v) is 5.21. The molecule has 88 valence electrons. The van der Waals surface area contributed by atoms with Gasteiger partial charge in [0.2, 0.25) is 0 Å². The molecule has 0 saturated carbocycles. The minimum absolute atomic E-state index is 0.485. The highest BCUT2D eigenvalue weighted by atomic mass is 79.9. The van der Waals surface area contributed by atoms with Crippen molar-refractivity contribution in [2.75, 3.05) is 31.6 Å². The molecule has 0 radical (unpaired) electrons. The van der Waals surface area contributed by atoms with Gasteiger partial charge in [-0.05, 0) is 42.9 Å². The van der Waals surface area contributed by atoms with Gasteiger partial charge in [0.15, 0.2) is 0 Å². The number of aromatic nitrogens is 2. The van der Waals surface area contributed by atoms with Crippen LogP contribution < -0.4 is 4.90 Å². The van der Waals surface area contributed by atoms with Crippen molar-refractivity contribution in [1.29, 1.82) is 0 Å². The molecule has 1 aromatic heterocycles. The Labute approximate surface area is 105 Å². The first-order valence-corrected chi connectivity index (χ1v) is 6.38. The first kappa shape index (κ1) is 11.8. The van der Waals surface area contributed by atoms with E-state index in [1.165, 1.54) is 6.42 Å². The summed E-state index contributed by atoms with van der Waals surface area (Å²) < 4.78 is 0.978. The van der Waals surface area contributed by atoms with E-state index in [2.05, 4.69) is 49.7 Å². The predicted octanol–water partition coefficient (Wildman–Crippen LogP) is 1.77. The van der Waals surface area contributed by atoms with Gasteiger partial charge in [0.1, 0.15) is 12.1 Å². The highest BCUT2D eigenvalue weighted by Crippen LogP contribution is 2.25. The minimum atomic E-state index is 0.485. The molecule has 1 atom stereocenters. The molecule has 2 rings (SSSR count). The molecule has 1 unspecified atom stereocenters. The Hall–Kier alpha value is -0.680. The summed E-state index contributed by atoms with van der Waals surface area (Å²) in [6.07, 6.45) is 4.60. The third kappa shape index (κ3) is 2.52. The molecule has 1 aromatic rings. The maximum Gasteiger partial charge on any atom is 0.146 e. The van der Waals surface area contributed by atoms with Crippen LogP contribution in [0.1, 0.15) is 13.3 Å². The molecule has 1 saturated heterocycles. The van der Waals surface area contributed by atoms with Crippen molar-refractivity contribution in [1.82, 2.24) is 14.9 Å². The lowest BCUT2D eigenvalue weighted by Gasteiger charge is -2.29. The van der Waals surface area contributed by atoms with Gasteiger partial charge in [-0.1, -0.05) is 0 Å². The van der Waals surface area contributed by atoms with E-state index >= 15 is 0 Å². The van der Waals surface area contributed by atoms with Gasteiger partial charge in [0.25, 0.3) is 0 Å². The second kappa shape index (κ2) is 5.10. The summed E-state index contributed by atoms with van der Waals surface area (Å²) in [7, 11) is 2.18. The Balaban J connectivity index is 2.22. The SMILES string of the molecule is CC1CN(C)CCCN1c1ncncc1Br. The van der Waals surface area contributed by atoms with E-state index in [4.69, 9.17) is 0 Å². The molecule has 0 amide bonds. The van der Waals surface area contributed by atoms with E-state index in [9.17, 15) is 0 Å². The van der Waals surface area contributed by atoms with Crippen molar-refractivity contribution < 1.29 is 0 Å². The van der Waals surface area contributed by atoms with Crippen molar-refractivity contribution in [3.05, 3.63) is 17.0 Å². The summed E-state index contributed by atoms with van der Waals surface area (Å²) in [5.41, 5.74) is 0. The van der Waals surface area contributed by atoms with Crippen LogP contribution in [0.5, 0.6) is 0 Å². The van der Waals surface area contributed by atoms with Crippen LogP contribution in [0, 0.1) is 0 Å². The maximum absolute atomic E-state index is 4.37. The molecule has 1 fully saturated rings. The highest BCUT2D eigenvalue weighted by Gasteiger charge is 2.22. The van der Waals surface area contributed by atoms with E-state index in [1.54, 1.807) is 6.33 Å². The number of hydrogen-bond donors (Lipinski definition) is 0. The lowest BCUT2D eigenvalue weighted by molar-refractivity contribution is 0.337. The number of hydrogen-bond acceptors (Lipinski definition) is 4. The average molecular weight is 285 g/mol. The first-order chi connectivity index (χ1) is 7.68. The van der Waals surface area contributed by atoms with Crippen LogP contribution in [0.25, 0.3) is 0 Å². The van der Waals surface area contributed by atoms with E-state index in [-0.39, 0.29) is 0 Å². The number of rotatable bonds is 1. The molecule has 4 nitrogen and oxygen atoms in total. The Morgan fingerprint density at radius 2 is 2.25 bits per heavy atom. The molecule has 0 spiro atoms. The molecule has 0 bridgehead atoms. The summed E-state index contributed by atoms with van der Waals surface area (Å²) in [6.45, 7) is 5.54. The van der Waals surface area contributed by atoms with Gasteiger partial charge in [0.05, 0.1) is 4.47 Å². The number of anilines is 1. The average Bonchev–Trinajstić information content (AvgIpc) is 2.40. The quantitative estimate of drug-likeness (QED) is 0.787. The molecule has 1 aliphatic heterocycles. The Morgan fingerprint density at radius 3 is 3.00 bits per heavy atom. The molecule has 16 heavy (non-hydrogen) atoms.